The average molecular weight is 1590 g/mol. The molecule has 6 aliphatic rings. The number of nitrogens with one attached hydrogen (secondary N) is 1. The van der Waals surface area contributed by atoms with Crippen LogP contribution in [0.4, 0.5) is 32.3 Å². The number of Topliss-reactive ketones (excluding diaryl/α,β-unsaturated/α-hetero) is 2. The van der Waals surface area contributed by atoms with Crippen LogP contribution in [0, 0.1) is 51.1 Å². The van der Waals surface area contributed by atoms with E-state index in [0.29, 0.717) is 65.7 Å². The molecule has 22 nitrogen and oxygen atoms in total. The molecule has 0 saturated heterocycles. The van der Waals surface area contributed by atoms with Gasteiger partial charge in [0, 0.05) is 86.4 Å². The van der Waals surface area contributed by atoms with Gasteiger partial charge in [-0.2, -0.15) is 15.3 Å². The Morgan fingerprint density at radius 1 is 0.431 bits per heavy atom. The first kappa shape index (κ1) is 78.0. The summed E-state index contributed by atoms with van der Waals surface area (Å²) in [5.41, 5.74) is 8.65. The lowest BCUT2D eigenvalue weighted by atomic mass is 9.66. The monoisotopic (exact) mass is 1590 g/mol. The molecule has 6 atom stereocenters. The van der Waals surface area contributed by atoms with Crippen LogP contribution < -0.4 is 4.72 Å². The topological polar surface area (TPSA) is 299 Å². The van der Waals surface area contributed by atoms with Crippen molar-refractivity contribution >= 4 is 27.5 Å². The van der Waals surface area contributed by atoms with Gasteiger partial charge in [0.05, 0.1) is 113 Å². The average Bonchev–Trinajstić information content (AvgIpc) is 1.53. The highest BCUT2D eigenvalue weighted by molar-refractivity contribution is 7.93. The Kier molecular flexibility index (Phi) is 19.8. The maximum absolute atomic E-state index is 14.5. The molecule has 0 unspecified atom stereocenters. The fourth-order valence-electron chi connectivity index (χ4n) is 19.1. The second-order valence-corrected chi connectivity index (χ2v) is 34.9. The fraction of sp³-hybridized carbons (Fsp3) is 0.345. The molecule has 1 N–H and O–H groups in total. The zero-order chi connectivity index (χ0) is 81.8. The van der Waals surface area contributed by atoms with Crippen molar-refractivity contribution in [2.45, 2.75) is 173 Å². The Hall–Kier alpha value is -11.9. The number of ketones is 2. The van der Waals surface area contributed by atoms with Gasteiger partial charge in [-0.25, -0.2) is 79.6 Å². The Bertz CT molecular complexity index is 5750. The number of nitrogens with zero attached hydrogens (tertiary/aromatic N) is 17. The quantitative estimate of drug-likeness (QED) is 0.0780. The number of carbonyl (C=O) groups excluding carboxylic acids is 2. The molecule has 9 heterocycles. The van der Waals surface area contributed by atoms with Gasteiger partial charge in [-0.1, -0.05) is 65.8 Å². The van der Waals surface area contributed by atoms with E-state index in [1.54, 1.807) is 83.2 Å². The number of benzene rings is 3. The molecular formula is C87H80F6N18O4S. The van der Waals surface area contributed by atoms with Crippen molar-refractivity contribution in [1.82, 2.24) is 85.4 Å². The van der Waals surface area contributed by atoms with E-state index in [0.717, 1.165) is 94.9 Å². The van der Waals surface area contributed by atoms with E-state index in [1.165, 1.54) is 67.0 Å². The number of sulfonamides is 1. The van der Waals surface area contributed by atoms with Crippen LogP contribution in [-0.2, 0) is 48.7 Å². The largest absolute Gasteiger partial charge is 0.300 e. The Labute approximate surface area is 665 Å². The van der Waals surface area contributed by atoms with Gasteiger partial charge in [-0.3, -0.25) is 14.7 Å². The van der Waals surface area contributed by atoms with Crippen molar-refractivity contribution in [3.63, 3.8) is 0 Å². The lowest BCUT2D eigenvalue weighted by molar-refractivity contribution is -0.117. The third-order valence-corrected chi connectivity index (χ3v) is 27.0. The van der Waals surface area contributed by atoms with Crippen LogP contribution in [0.3, 0.4) is 0 Å². The van der Waals surface area contributed by atoms with Crippen molar-refractivity contribution in [2.75, 3.05) is 4.72 Å². The summed E-state index contributed by atoms with van der Waals surface area (Å²) in [4.78, 5) is 72.5. The fourth-order valence-corrected chi connectivity index (χ4v) is 19.7. The van der Waals surface area contributed by atoms with E-state index >= 15 is 0 Å². The van der Waals surface area contributed by atoms with Crippen molar-refractivity contribution in [3.05, 3.63) is 250 Å². The molecule has 116 heavy (non-hydrogen) atoms. The van der Waals surface area contributed by atoms with Gasteiger partial charge in [0.1, 0.15) is 58.1 Å². The van der Waals surface area contributed by atoms with Crippen molar-refractivity contribution in [3.8, 4) is 67.7 Å². The standard InChI is InChI=1S/C30H27F2N5O.C29H26F2N6O.C28H27F2N7O2S/c1-17(38)10-11-26-33-15-18(16-34-26)23-8-5-9-25(35-23)30-13-12-20(29(30,2)3)19-14-24(36-37-28(19)30)27-21(31)6-4-7-22(27)32;1-16(38)7-8-24-33-14-17(15-34-24)27-32-12-10-23(35-27)29-11-9-19(28(29,2)3)18-13-22(36-37-26(18)29)25-20(30)5-4-6-21(25)31;1-15(2)40(38,39)37-26-32-11-16(12-33-26)22-13-31-14-23(34-22)28-9-8-18(27(28,3)4)17-10-21(35-36-25(17)28)24-19(29)6-5-7-20(24)30/h4-9,14-16,20H,10-13H2,1-3H3;4-6,10,12-15,19H,7-9,11H2,1-3H3;5-7,10-15,18H,8-9H2,1-4H3,(H,32,33,37)/t20-,30-;19-,29-;18-,28-/m000/s1. The number of carbonyl (C=O) groups is 2. The number of anilines is 1. The number of hydrogen-bond acceptors (Lipinski definition) is 21. The number of aryl methyl sites for hydroxylation is 2. The molecule has 3 aromatic carbocycles. The maximum atomic E-state index is 14.5. The highest BCUT2D eigenvalue weighted by Gasteiger charge is 2.68. The van der Waals surface area contributed by atoms with Crippen LogP contribution in [0.15, 0.2) is 153 Å². The lowest BCUT2D eigenvalue weighted by Gasteiger charge is -2.37. The van der Waals surface area contributed by atoms with E-state index in [2.05, 4.69) is 117 Å². The smallest absolute Gasteiger partial charge is 0.237 e. The molecular weight excluding hydrogens is 1510 g/mol. The predicted molar refractivity (Wildman–Crippen MR) is 419 cm³/mol. The van der Waals surface area contributed by atoms with Crippen molar-refractivity contribution in [1.29, 1.82) is 0 Å². The summed E-state index contributed by atoms with van der Waals surface area (Å²) in [6.07, 6.45) is 21.8. The Morgan fingerprint density at radius 3 is 1.22 bits per heavy atom. The summed E-state index contributed by atoms with van der Waals surface area (Å²) in [5, 5.41) is 26.0. The van der Waals surface area contributed by atoms with Gasteiger partial charge in [-0.15, -0.1) is 15.3 Å². The predicted octanol–water partition coefficient (Wildman–Crippen LogP) is 16.4. The van der Waals surface area contributed by atoms with Crippen LogP contribution in [0.25, 0.3) is 67.7 Å². The van der Waals surface area contributed by atoms with Gasteiger partial charge in [0.15, 0.2) is 5.82 Å². The summed E-state index contributed by atoms with van der Waals surface area (Å²) in [6.45, 7) is 19.4. The molecule has 9 aromatic heterocycles. The minimum atomic E-state index is -3.58. The molecule has 12 aromatic rings. The summed E-state index contributed by atoms with van der Waals surface area (Å²) >= 11 is 0. The summed E-state index contributed by atoms with van der Waals surface area (Å²) in [7, 11) is -3.58. The van der Waals surface area contributed by atoms with E-state index in [-0.39, 0.29) is 85.3 Å². The first-order valence-corrected chi connectivity index (χ1v) is 40.0. The zero-order valence-corrected chi connectivity index (χ0v) is 66.0. The highest BCUT2D eigenvalue weighted by Crippen LogP contribution is 2.72. The molecule has 18 rings (SSSR count). The lowest BCUT2D eigenvalue weighted by Crippen LogP contribution is -2.38. The summed E-state index contributed by atoms with van der Waals surface area (Å²) in [6, 6.07) is 24.6. The second kappa shape index (κ2) is 29.4. The van der Waals surface area contributed by atoms with Gasteiger partial charge in [0.25, 0.3) is 0 Å². The minimum Gasteiger partial charge on any atom is -0.300 e. The molecule has 6 aliphatic carbocycles. The minimum absolute atomic E-state index is 0.0259. The third-order valence-electron chi connectivity index (χ3n) is 25.3. The van der Waals surface area contributed by atoms with Crippen LogP contribution >= 0.6 is 0 Å². The zero-order valence-electron chi connectivity index (χ0n) is 65.2. The summed E-state index contributed by atoms with van der Waals surface area (Å²) < 4.78 is 114. The number of pyridine rings is 1. The molecule has 0 radical (unpaired) electrons. The van der Waals surface area contributed by atoms with E-state index < -0.39 is 66.4 Å². The van der Waals surface area contributed by atoms with E-state index in [1.807, 2.05) is 30.3 Å². The first-order valence-electron chi connectivity index (χ1n) is 38.5. The van der Waals surface area contributed by atoms with Crippen LogP contribution in [0.1, 0.15) is 201 Å². The van der Waals surface area contributed by atoms with Gasteiger partial charge in [-0.05, 0) is 190 Å². The molecule has 6 bridgehead atoms. The summed E-state index contributed by atoms with van der Waals surface area (Å²) in [5.74, 6) is -1.70. The van der Waals surface area contributed by atoms with E-state index in [9.17, 15) is 44.3 Å². The molecule has 3 saturated carbocycles. The van der Waals surface area contributed by atoms with Crippen molar-refractivity contribution < 1.29 is 44.3 Å². The normalized spacial score (nSPS) is 21.0. The molecule has 3 fully saturated rings. The van der Waals surface area contributed by atoms with Crippen molar-refractivity contribution in [2.24, 2.45) is 16.2 Å². The molecule has 0 aliphatic heterocycles. The molecule has 0 spiro atoms. The number of halogens is 6. The maximum Gasteiger partial charge on any atom is 0.237 e. The highest BCUT2D eigenvalue weighted by atomic mass is 32.2. The number of rotatable bonds is 18. The van der Waals surface area contributed by atoms with Gasteiger partial charge >= 0.3 is 0 Å². The third kappa shape index (κ3) is 12.8. The first-order chi connectivity index (χ1) is 55.4. The number of hydrogen-bond donors (Lipinski definition) is 1. The van der Waals surface area contributed by atoms with Crippen LogP contribution in [0.5, 0.6) is 0 Å². The van der Waals surface area contributed by atoms with Gasteiger partial charge < -0.3 is 9.59 Å². The Morgan fingerprint density at radius 2 is 0.802 bits per heavy atom. The van der Waals surface area contributed by atoms with Gasteiger partial charge in [0.2, 0.25) is 16.0 Å². The van der Waals surface area contributed by atoms with E-state index in [4.69, 9.17) is 15.0 Å². The molecule has 0 amide bonds. The van der Waals surface area contributed by atoms with Crippen LogP contribution in [-0.4, -0.2) is 111 Å². The molecule has 29 heteroatoms. The Balaban J connectivity index is 0.000000131. The van der Waals surface area contributed by atoms with Crippen LogP contribution in [0.2, 0.25) is 0 Å². The molecule has 590 valence electrons. The number of aromatic nitrogens is 17. The number of fused-ring (bicyclic) bond motifs is 15. The second-order valence-electron chi connectivity index (χ2n) is 32.7. The SMILES string of the molecule is CC(=O)CCc1ncc(-c2cccc([C@@]34CC[C@@H](c5cc(-c6c(F)cccc6F)nnc53)C4(C)C)n2)cn1.CC(=O)CCc1ncc(-c2nccc([C@@]34CC[C@@H](c5cc(-c6c(F)cccc6F)nnc53)C4(C)C)n2)cn1.CC(C)S(=O)(=O)Nc1ncc(-c2cncc([C@@]34CC[C@@H](c5cc(-c6c(F)cccc6F)nnc53)C4(C)C)n2)cn1.